The molecule has 0 spiro atoms. The van der Waals surface area contributed by atoms with Gasteiger partial charge in [-0.25, -0.2) is 8.42 Å². The van der Waals surface area contributed by atoms with Gasteiger partial charge in [0.2, 0.25) is 11.8 Å². The lowest BCUT2D eigenvalue weighted by molar-refractivity contribution is -0.140. The Morgan fingerprint density at radius 2 is 1.56 bits per heavy atom. The van der Waals surface area contributed by atoms with Gasteiger partial charge in [0.25, 0.3) is 10.0 Å². The van der Waals surface area contributed by atoms with Crippen LogP contribution in [-0.2, 0) is 32.3 Å². The number of aryl methyl sites for hydroxylation is 1. The summed E-state index contributed by atoms with van der Waals surface area (Å²) in [7, 11) is -4.55. The third-order valence-electron chi connectivity index (χ3n) is 6.67. The summed E-state index contributed by atoms with van der Waals surface area (Å²) >= 11 is 12.8. The summed E-state index contributed by atoms with van der Waals surface area (Å²) in [4.78, 5) is 28.2. The number of benzene rings is 3. The Hall–Kier alpha value is -3.28. The maximum absolute atomic E-state index is 14.1. The first-order valence-corrected chi connectivity index (χ1v) is 15.7. The lowest BCUT2D eigenvalue weighted by Gasteiger charge is -2.33. The fraction of sp³-hybridized carbons (Fsp3) is 0.333. The summed E-state index contributed by atoms with van der Waals surface area (Å²) in [5, 5.41) is 3.19. The molecule has 0 heterocycles. The number of anilines is 1. The average Bonchev–Trinajstić information content (AvgIpc) is 2.95. The molecular weight excluding hydrogens is 626 g/mol. The van der Waals surface area contributed by atoms with Gasteiger partial charge in [0.05, 0.1) is 16.1 Å². The molecule has 1 atom stereocenters. The van der Waals surface area contributed by atoms with Crippen LogP contribution in [0.2, 0.25) is 10.0 Å². The highest BCUT2D eigenvalue weighted by Crippen LogP contribution is 2.34. The first kappa shape index (κ1) is 34.2. The summed E-state index contributed by atoms with van der Waals surface area (Å²) < 4.78 is 69.3. The molecule has 0 aromatic heterocycles. The van der Waals surface area contributed by atoms with Gasteiger partial charge in [0.1, 0.15) is 12.6 Å². The summed E-state index contributed by atoms with van der Waals surface area (Å²) in [6, 6.07) is 13.1. The third-order valence-corrected chi connectivity index (χ3v) is 9.17. The normalized spacial score (nSPS) is 12.5. The molecule has 0 aliphatic carbocycles. The van der Waals surface area contributed by atoms with Gasteiger partial charge in [0.15, 0.2) is 0 Å². The lowest BCUT2D eigenvalue weighted by Crippen LogP contribution is -2.52. The molecule has 0 bridgehead atoms. The third kappa shape index (κ3) is 8.43. The molecule has 0 aliphatic heterocycles. The molecule has 1 unspecified atom stereocenters. The number of carbonyl (C=O) groups is 2. The monoisotopic (exact) mass is 657 g/mol. The predicted molar refractivity (Wildman–Crippen MR) is 162 cm³/mol. The van der Waals surface area contributed by atoms with E-state index < -0.39 is 46.2 Å². The summed E-state index contributed by atoms with van der Waals surface area (Å²) in [5.74, 6) is -1.32. The van der Waals surface area contributed by atoms with Crippen molar-refractivity contribution in [3.8, 4) is 0 Å². The van der Waals surface area contributed by atoms with E-state index in [4.69, 9.17) is 23.2 Å². The van der Waals surface area contributed by atoms with Crippen molar-refractivity contribution in [1.29, 1.82) is 0 Å². The number of rotatable bonds is 12. The van der Waals surface area contributed by atoms with Crippen molar-refractivity contribution < 1.29 is 31.2 Å². The van der Waals surface area contributed by atoms with E-state index in [0.29, 0.717) is 28.9 Å². The second kappa shape index (κ2) is 14.5. The lowest BCUT2D eigenvalue weighted by atomic mass is 10.1. The molecular formula is C30H32Cl2F3N3O4S. The highest BCUT2D eigenvalue weighted by molar-refractivity contribution is 7.92. The molecule has 13 heteroatoms. The van der Waals surface area contributed by atoms with Crippen molar-refractivity contribution in [2.24, 2.45) is 0 Å². The second-order valence-corrected chi connectivity index (χ2v) is 12.5. The number of sulfonamides is 1. The quantitative estimate of drug-likeness (QED) is 0.231. The first-order valence-electron chi connectivity index (χ1n) is 13.5. The minimum Gasteiger partial charge on any atom is -0.354 e. The highest BCUT2D eigenvalue weighted by Gasteiger charge is 2.36. The van der Waals surface area contributed by atoms with Gasteiger partial charge < -0.3 is 10.2 Å². The van der Waals surface area contributed by atoms with E-state index in [0.717, 1.165) is 22.6 Å². The largest absolute Gasteiger partial charge is 0.416 e. The van der Waals surface area contributed by atoms with Gasteiger partial charge >= 0.3 is 6.18 Å². The van der Waals surface area contributed by atoms with E-state index in [1.807, 2.05) is 6.92 Å². The number of amides is 2. The van der Waals surface area contributed by atoms with E-state index in [2.05, 4.69) is 5.32 Å². The molecule has 0 radical (unpaired) electrons. The van der Waals surface area contributed by atoms with E-state index >= 15 is 0 Å². The number of carbonyl (C=O) groups excluding carboxylic acids is 2. The van der Waals surface area contributed by atoms with Crippen molar-refractivity contribution in [1.82, 2.24) is 10.2 Å². The zero-order valence-electron chi connectivity index (χ0n) is 23.8. The van der Waals surface area contributed by atoms with Crippen LogP contribution in [0.25, 0.3) is 0 Å². The van der Waals surface area contributed by atoms with Gasteiger partial charge in [-0.1, -0.05) is 66.9 Å². The number of alkyl halides is 3. The molecule has 3 rings (SSSR count). The molecule has 0 saturated carbocycles. The SMILES string of the molecule is CCCNC(=O)C(CC)N(Cc1c(Cl)cccc1Cl)C(=O)CN(c1cccc(C(F)(F)F)c1)S(=O)(=O)c1ccc(C)cc1. The van der Waals surface area contributed by atoms with Crippen molar-refractivity contribution >= 4 is 50.7 Å². The van der Waals surface area contributed by atoms with E-state index in [1.165, 1.54) is 30.3 Å². The first-order chi connectivity index (χ1) is 20.2. The Morgan fingerprint density at radius 3 is 2.12 bits per heavy atom. The summed E-state index contributed by atoms with van der Waals surface area (Å²) in [5.41, 5.74) is -0.380. The van der Waals surface area contributed by atoms with Crippen LogP contribution < -0.4 is 9.62 Å². The number of hydrogen-bond donors (Lipinski definition) is 1. The van der Waals surface area contributed by atoms with Gasteiger partial charge in [-0.05, 0) is 62.2 Å². The topological polar surface area (TPSA) is 86.8 Å². The maximum atomic E-state index is 14.1. The Bertz CT molecular complexity index is 1530. The molecule has 3 aromatic rings. The Labute approximate surface area is 259 Å². The van der Waals surface area contributed by atoms with Crippen LogP contribution >= 0.6 is 23.2 Å². The van der Waals surface area contributed by atoms with Crippen molar-refractivity contribution in [3.05, 3.63) is 93.5 Å². The van der Waals surface area contributed by atoms with Gasteiger partial charge in [-0.2, -0.15) is 13.2 Å². The Balaban J connectivity index is 2.15. The Kier molecular flexibility index (Phi) is 11.5. The maximum Gasteiger partial charge on any atom is 0.416 e. The second-order valence-electron chi connectivity index (χ2n) is 9.81. The van der Waals surface area contributed by atoms with Gasteiger partial charge in [-0.3, -0.25) is 13.9 Å². The molecule has 43 heavy (non-hydrogen) atoms. The minimum atomic E-state index is -4.77. The van der Waals surface area contributed by atoms with Gasteiger partial charge in [-0.15, -0.1) is 0 Å². The molecule has 232 valence electrons. The van der Waals surface area contributed by atoms with Crippen LogP contribution in [0.3, 0.4) is 0 Å². The van der Waals surface area contributed by atoms with Crippen molar-refractivity contribution in [3.63, 3.8) is 0 Å². The minimum absolute atomic E-state index is 0.150. The molecule has 0 aliphatic rings. The summed E-state index contributed by atoms with van der Waals surface area (Å²) in [6.07, 6.45) is -3.99. The predicted octanol–water partition coefficient (Wildman–Crippen LogP) is 6.85. The van der Waals surface area contributed by atoms with Crippen LogP contribution in [0.5, 0.6) is 0 Å². The molecule has 7 nitrogen and oxygen atoms in total. The molecule has 2 amide bonds. The molecule has 3 aromatic carbocycles. The van der Waals surface area contributed by atoms with Gasteiger partial charge in [0, 0.05) is 28.7 Å². The molecule has 0 fully saturated rings. The number of halogens is 5. The smallest absolute Gasteiger partial charge is 0.354 e. The average molecular weight is 659 g/mol. The van der Waals surface area contributed by atoms with Crippen molar-refractivity contribution in [2.75, 3.05) is 17.4 Å². The van der Waals surface area contributed by atoms with E-state index in [-0.39, 0.29) is 33.6 Å². The van der Waals surface area contributed by atoms with Crippen LogP contribution in [-0.4, -0.2) is 44.3 Å². The standard InChI is InChI=1S/C30H32Cl2F3N3O4S/c1-4-16-36-29(40)27(5-2)37(18-24-25(31)10-7-11-26(24)32)28(39)19-38(22-9-6-8-21(17-22)30(33,34)35)43(41,42)23-14-12-20(3)13-15-23/h6-15,17,27H,4-5,16,18-19H2,1-3H3,(H,36,40). The molecule has 1 N–H and O–H groups in total. The van der Waals surface area contributed by atoms with Crippen LogP contribution in [0, 0.1) is 6.92 Å². The molecule has 0 saturated heterocycles. The summed E-state index contributed by atoms with van der Waals surface area (Å²) in [6.45, 7) is 4.46. The van der Waals surface area contributed by atoms with E-state index in [1.54, 1.807) is 32.0 Å². The number of hydrogen-bond acceptors (Lipinski definition) is 4. The fourth-order valence-electron chi connectivity index (χ4n) is 4.34. The fourth-order valence-corrected chi connectivity index (χ4v) is 6.27. The zero-order chi connectivity index (χ0) is 31.9. The van der Waals surface area contributed by atoms with Crippen LogP contribution in [0.1, 0.15) is 43.4 Å². The number of nitrogens with one attached hydrogen (secondary N) is 1. The zero-order valence-corrected chi connectivity index (χ0v) is 26.1. The Morgan fingerprint density at radius 1 is 0.953 bits per heavy atom. The van der Waals surface area contributed by atoms with Crippen LogP contribution in [0.4, 0.5) is 18.9 Å². The van der Waals surface area contributed by atoms with Crippen LogP contribution in [0.15, 0.2) is 71.6 Å². The van der Waals surface area contributed by atoms with E-state index in [9.17, 15) is 31.2 Å². The highest BCUT2D eigenvalue weighted by atomic mass is 35.5. The number of nitrogens with zero attached hydrogens (tertiary/aromatic N) is 2. The van der Waals surface area contributed by atoms with Crippen molar-refractivity contribution in [2.45, 2.75) is 57.3 Å².